The van der Waals surface area contributed by atoms with Crippen molar-refractivity contribution in [3.05, 3.63) is 22.7 Å². The first-order valence-electron chi connectivity index (χ1n) is 7.49. The van der Waals surface area contributed by atoms with Crippen molar-refractivity contribution in [2.24, 2.45) is 5.41 Å². The SMILES string of the molecule is COC(=O)C1(C[C@H]2CNc3cc(Br)ccc3O2)CCOCC1. The Balaban J connectivity index is 1.74. The van der Waals surface area contributed by atoms with Crippen LogP contribution in [0.5, 0.6) is 5.75 Å². The van der Waals surface area contributed by atoms with Crippen molar-refractivity contribution in [3.8, 4) is 5.75 Å². The summed E-state index contributed by atoms with van der Waals surface area (Å²) in [6, 6.07) is 5.89. The molecule has 0 aliphatic carbocycles. The van der Waals surface area contributed by atoms with Crippen molar-refractivity contribution in [1.82, 2.24) is 0 Å². The van der Waals surface area contributed by atoms with E-state index in [4.69, 9.17) is 14.2 Å². The minimum atomic E-state index is -0.494. The number of carbonyl (C=O) groups is 1. The number of nitrogens with one attached hydrogen (secondary N) is 1. The lowest BCUT2D eigenvalue weighted by Crippen LogP contribution is -2.44. The number of hydrogen-bond donors (Lipinski definition) is 1. The van der Waals surface area contributed by atoms with E-state index in [1.807, 2.05) is 18.2 Å². The van der Waals surface area contributed by atoms with Crippen LogP contribution in [0.15, 0.2) is 22.7 Å². The number of anilines is 1. The summed E-state index contributed by atoms with van der Waals surface area (Å²) >= 11 is 3.45. The number of ether oxygens (including phenoxy) is 3. The third kappa shape index (κ3) is 3.08. The molecular formula is C16H20BrNO4. The van der Waals surface area contributed by atoms with Crippen molar-refractivity contribution in [3.63, 3.8) is 0 Å². The number of rotatable bonds is 3. The Hall–Kier alpha value is -1.27. The zero-order chi connectivity index (χ0) is 15.6. The lowest BCUT2D eigenvalue weighted by atomic mass is 9.75. The van der Waals surface area contributed by atoms with Crippen LogP contribution in [0.2, 0.25) is 0 Å². The Bertz CT molecular complexity index is 557. The van der Waals surface area contributed by atoms with Crippen LogP contribution >= 0.6 is 15.9 Å². The largest absolute Gasteiger partial charge is 0.486 e. The molecule has 1 saturated heterocycles. The first-order valence-corrected chi connectivity index (χ1v) is 8.28. The summed E-state index contributed by atoms with van der Waals surface area (Å²) in [5.41, 5.74) is 0.483. The third-order valence-corrected chi connectivity index (χ3v) is 4.94. The van der Waals surface area contributed by atoms with E-state index in [-0.39, 0.29) is 12.1 Å². The molecule has 1 aromatic rings. The highest BCUT2D eigenvalue weighted by Crippen LogP contribution is 2.40. The summed E-state index contributed by atoms with van der Waals surface area (Å²) in [7, 11) is 1.45. The molecule has 0 bridgehead atoms. The van der Waals surface area contributed by atoms with Gasteiger partial charge >= 0.3 is 5.97 Å². The molecule has 1 N–H and O–H groups in total. The van der Waals surface area contributed by atoms with Crippen LogP contribution in [0, 0.1) is 5.41 Å². The fourth-order valence-corrected chi connectivity index (χ4v) is 3.57. The van der Waals surface area contributed by atoms with Gasteiger partial charge in [-0.1, -0.05) is 15.9 Å². The first kappa shape index (κ1) is 15.6. The molecule has 6 heteroatoms. The Morgan fingerprint density at radius 1 is 1.45 bits per heavy atom. The molecule has 1 aromatic carbocycles. The van der Waals surface area contributed by atoms with E-state index < -0.39 is 5.41 Å². The minimum Gasteiger partial charge on any atom is -0.486 e. The molecule has 2 aliphatic rings. The van der Waals surface area contributed by atoms with Gasteiger partial charge in [-0.15, -0.1) is 0 Å². The molecule has 0 radical (unpaired) electrons. The van der Waals surface area contributed by atoms with E-state index in [0.717, 1.165) is 15.9 Å². The molecular weight excluding hydrogens is 350 g/mol. The summed E-state index contributed by atoms with van der Waals surface area (Å²) in [6.45, 7) is 1.88. The maximum Gasteiger partial charge on any atom is 0.312 e. The lowest BCUT2D eigenvalue weighted by molar-refractivity contribution is -0.161. The number of carbonyl (C=O) groups excluding carboxylic acids is 1. The van der Waals surface area contributed by atoms with Crippen LogP contribution in [0.1, 0.15) is 19.3 Å². The Kier molecular flexibility index (Phi) is 4.59. The average Bonchev–Trinajstić information content (AvgIpc) is 2.55. The van der Waals surface area contributed by atoms with Crippen LogP contribution in [0.4, 0.5) is 5.69 Å². The van der Waals surface area contributed by atoms with E-state index in [9.17, 15) is 4.79 Å². The molecule has 3 rings (SSSR count). The van der Waals surface area contributed by atoms with E-state index in [1.165, 1.54) is 7.11 Å². The molecule has 120 valence electrons. The number of benzene rings is 1. The summed E-state index contributed by atoms with van der Waals surface area (Å²) in [5.74, 6) is 0.674. The summed E-state index contributed by atoms with van der Waals surface area (Å²) in [5, 5.41) is 3.38. The molecule has 0 spiro atoms. The van der Waals surface area contributed by atoms with E-state index in [1.54, 1.807) is 0 Å². The molecule has 0 amide bonds. The van der Waals surface area contributed by atoms with Gasteiger partial charge in [0.1, 0.15) is 11.9 Å². The molecule has 1 atom stereocenters. The van der Waals surface area contributed by atoms with E-state index >= 15 is 0 Å². The molecule has 5 nitrogen and oxygen atoms in total. The Morgan fingerprint density at radius 2 is 2.23 bits per heavy atom. The van der Waals surface area contributed by atoms with Crippen LogP contribution in [-0.2, 0) is 14.3 Å². The predicted octanol–water partition coefficient (Wildman–Crippen LogP) is 2.98. The van der Waals surface area contributed by atoms with Gasteiger partial charge in [0.05, 0.1) is 24.8 Å². The lowest BCUT2D eigenvalue weighted by Gasteiger charge is -2.38. The van der Waals surface area contributed by atoms with Crippen LogP contribution in [0.3, 0.4) is 0 Å². The first-order chi connectivity index (χ1) is 10.6. The van der Waals surface area contributed by atoms with Gasteiger partial charge in [-0.3, -0.25) is 4.79 Å². The van der Waals surface area contributed by atoms with Gasteiger partial charge in [-0.05, 0) is 31.0 Å². The summed E-state index contributed by atoms with van der Waals surface area (Å²) in [4.78, 5) is 12.3. The van der Waals surface area contributed by atoms with Gasteiger partial charge in [0, 0.05) is 24.1 Å². The van der Waals surface area contributed by atoms with Crippen LogP contribution < -0.4 is 10.1 Å². The number of fused-ring (bicyclic) bond motifs is 1. The minimum absolute atomic E-state index is 0.0501. The second-order valence-corrected chi connectivity index (χ2v) is 6.77. The van der Waals surface area contributed by atoms with Crippen molar-refractivity contribution >= 4 is 27.6 Å². The van der Waals surface area contributed by atoms with Gasteiger partial charge in [0.15, 0.2) is 0 Å². The Labute approximate surface area is 138 Å². The topological polar surface area (TPSA) is 56.8 Å². The Morgan fingerprint density at radius 3 is 2.95 bits per heavy atom. The van der Waals surface area contributed by atoms with Gasteiger partial charge in [-0.25, -0.2) is 0 Å². The number of halogens is 1. The van der Waals surface area contributed by atoms with E-state index in [2.05, 4.69) is 21.2 Å². The predicted molar refractivity (Wildman–Crippen MR) is 86.2 cm³/mol. The van der Waals surface area contributed by atoms with Gasteiger partial charge < -0.3 is 19.5 Å². The van der Waals surface area contributed by atoms with Crippen molar-refractivity contribution in [2.45, 2.75) is 25.4 Å². The standard InChI is InChI=1S/C16H20BrNO4/c1-20-15(19)16(4-6-21-7-5-16)9-12-10-18-13-8-11(17)2-3-14(13)22-12/h2-3,8,12,18H,4-7,9-10H2,1H3/t12-/m0/s1. The van der Waals surface area contributed by atoms with E-state index in [0.29, 0.717) is 39.0 Å². The summed E-state index contributed by atoms with van der Waals surface area (Å²) in [6.07, 6.45) is 1.97. The van der Waals surface area contributed by atoms with Crippen LogP contribution in [-0.4, -0.2) is 38.9 Å². The average molecular weight is 370 g/mol. The molecule has 0 saturated carbocycles. The molecule has 0 aromatic heterocycles. The zero-order valence-electron chi connectivity index (χ0n) is 12.6. The second kappa shape index (κ2) is 6.46. The maximum atomic E-state index is 12.3. The van der Waals surface area contributed by atoms with Gasteiger partial charge in [0.25, 0.3) is 0 Å². The van der Waals surface area contributed by atoms with Crippen molar-refractivity contribution in [2.75, 3.05) is 32.2 Å². The molecule has 2 heterocycles. The molecule has 2 aliphatic heterocycles. The number of methoxy groups -OCH3 is 1. The molecule has 22 heavy (non-hydrogen) atoms. The summed E-state index contributed by atoms with van der Waals surface area (Å²) < 4.78 is 17.5. The van der Waals surface area contributed by atoms with Crippen LogP contribution in [0.25, 0.3) is 0 Å². The number of esters is 1. The fraction of sp³-hybridized carbons (Fsp3) is 0.562. The highest BCUT2D eigenvalue weighted by Gasteiger charge is 2.44. The smallest absolute Gasteiger partial charge is 0.312 e. The third-order valence-electron chi connectivity index (χ3n) is 4.44. The monoisotopic (exact) mass is 369 g/mol. The second-order valence-electron chi connectivity index (χ2n) is 5.85. The molecule has 0 unspecified atom stereocenters. The van der Waals surface area contributed by atoms with Gasteiger partial charge in [0.2, 0.25) is 0 Å². The van der Waals surface area contributed by atoms with Crippen molar-refractivity contribution < 1.29 is 19.0 Å². The van der Waals surface area contributed by atoms with Gasteiger partial charge in [-0.2, -0.15) is 0 Å². The highest BCUT2D eigenvalue weighted by molar-refractivity contribution is 9.10. The zero-order valence-corrected chi connectivity index (χ0v) is 14.1. The molecule has 1 fully saturated rings. The normalized spacial score (nSPS) is 22.9. The number of hydrogen-bond acceptors (Lipinski definition) is 5. The quantitative estimate of drug-likeness (QED) is 0.830. The fourth-order valence-electron chi connectivity index (χ4n) is 3.21. The van der Waals surface area contributed by atoms with Crippen molar-refractivity contribution in [1.29, 1.82) is 0 Å². The maximum absolute atomic E-state index is 12.3. The highest BCUT2D eigenvalue weighted by atomic mass is 79.9.